The molecule has 2 unspecified atom stereocenters. The summed E-state index contributed by atoms with van der Waals surface area (Å²) in [4.78, 5) is 0.512. The molecule has 2 heteroatoms. The number of alkyl halides is 1. The fraction of sp³-hybridized carbons (Fsp3) is 0.500. The van der Waals surface area contributed by atoms with Gasteiger partial charge < -0.3 is 0 Å². The summed E-state index contributed by atoms with van der Waals surface area (Å²) in [6, 6.07) is 6.79. The van der Waals surface area contributed by atoms with Crippen LogP contribution in [-0.4, -0.2) is 4.83 Å². The number of halogens is 2. The number of rotatable bonds is 4. The fourth-order valence-corrected chi connectivity index (χ4v) is 2.12. The molecule has 0 amide bonds. The van der Waals surface area contributed by atoms with Gasteiger partial charge in [-0.2, -0.15) is 0 Å². The van der Waals surface area contributed by atoms with Crippen LogP contribution in [0.15, 0.2) is 24.3 Å². The van der Waals surface area contributed by atoms with Crippen LogP contribution >= 0.6 is 15.9 Å². The zero-order valence-corrected chi connectivity index (χ0v) is 10.2. The Morgan fingerprint density at radius 2 is 1.86 bits per heavy atom. The average Bonchev–Trinajstić information content (AvgIpc) is 2.16. The highest BCUT2D eigenvalue weighted by atomic mass is 79.9. The molecular weight excluding hydrogens is 243 g/mol. The van der Waals surface area contributed by atoms with Crippen LogP contribution in [0.3, 0.4) is 0 Å². The van der Waals surface area contributed by atoms with Crippen molar-refractivity contribution in [3.63, 3.8) is 0 Å². The molecule has 0 saturated carbocycles. The Balaban J connectivity index is 2.63. The van der Waals surface area contributed by atoms with E-state index in [0.29, 0.717) is 10.7 Å². The van der Waals surface area contributed by atoms with Crippen molar-refractivity contribution in [2.45, 2.75) is 31.5 Å². The van der Waals surface area contributed by atoms with Crippen molar-refractivity contribution >= 4 is 15.9 Å². The van der Waals surface area contributed by atoms with E-state index in [-0.39, 0.29) is 5.82 Å². The third-order valence-electron chi connectivity index (χ3n) is 2.59. The van der Waals surface area contributed by atoms with Gasteiger partial charge in [-0.25, -0.2) is 4.39 Å². The molecule has 0 aliphatic heterocycles. The lowest BCUT2D eigenvalue weighted by Crippen LogP contribution is -2.12. The van der Waals surface area contributed by atoms with Gasteiger partial charge in [-0.3, -0.25) is 0 Å². The number of benzene rings is 1. The third kappa shape index (κ3) is 3.41. The van der Waals surface area contributed by atoms with Crippen LogP contribution in [0.1, 0.15) is 25.8 Å². The van der Waals surface area contributed by atoms with Gasteiger partial charge in [0.05, 0.1) is 0 Å². The summed E-state index contributed by atoms with van der Waals surface area (Å²) in [5.41, 5.74) is 1.21. The van der Waals surface area contributed by atoms with Gasteiger partial charge >= 0.3 is 0 Å². The molecule has 0 fully saturated rings. The molecule has 0 aliphatic rings. The smallest absolute Gasteiger partial charge is 0.123 e. The largest absolute Gasteiger partial charge is 0.207 e. The van der Waals surface area contributed by atoms with Crippen molar-refractivity contribution in [3.05, 3.63) is 35.6 Å². The first-order chi connectivity index (χ1) is 6.63. The maximum absolute atomic E-state index is 12.7. The molecule has 0 bridgehead atoms. The molecule has 0 heterocycles. The van der Waals surface area contributed by atoms with Crippen molar-refractivity contribution in [2.75, 3.05) is 0 Å². The third-order valence-corrected chi connectivity index (χ3v) is 3.33. The summed E-state index contributed by atoms with van der Waals surface area (Å²) >= 11 is 3.60. The van der Waals surface area contributed by atoms with Gasteiger partial charge in [-0.15, -0.1) is 0 Å². The highest BCUT2D eigenvalue weighted by molar-refractivity contribution is 9.09. The predicted molar refractivity (Wildman–Crippen MR) is 62.3 cm³/mol. The minimum Gasteiger partial charge on any atom is -0.207 e. The Bertz CT molecular complexity index is 266. The minimum atomic E-state index is -0.159. The molecule has 78 valence electrons. The molecule has 1 rings (SSSR count). The second-order valence-electron chi connectivity index (χ2n) is 3.68. The van der Waals surface area contributed by atoms with Gasteiger partial charge in [-0.05, 0) is 30.0 Å². The lowest BCUT2D eigenvalue weighted by atomic mass is 9.94. The van der Waals surface area contributed by atoms with Crippen molar-refractivity contribution in [3.8, 4) is 0 Å². The summed E-state index contributed by atoms with van der Waals surface area (Å²) < 4.78 is 12.7. The van der Waals surface area contributed by atoms with Crippen LogP contribution in [0.2, 0.25) is 0 Å². The molecule has 0 nitrogen and oxygen atoms in total. The van der Waals surface area contributed by atoms with Crippen LogP contribution in [0, 0.1) is 11.7 Å². The molecule has 0 aliphatic carbocycles. The molecule has 0 saturated heterocycles. The monoisotopic (exact) mass is 258 g/mol. The van der Waals surface area contributed by atoms with E-state index in [0.717, 1.165) is 12.8 Å². The Morgan fingerprint density at radius 1 is 1.29 bits per heavy atom. The number of hydrogen-bond acceptors (Lipinski definition) is 0. The first kappa shape index (κ1) is 11.7. The maximum atomic E-state index is 12.7. The van der Waals surface area contributed by atoms with Crippen LogP contribution in [0.25, 0.3) is 0 Å². The summed E-state index contributed by atoms with van der Waals surface area (Å²) in [6.45, 7) is 4.35. The van der Waals surface area contributed by atoms with Crippen molar-refractivity contribution in [1.29, 1.82) is 0 Å². The van der Waals surface area contributed by atoms with Gasteiger partial charge in [-0.1, -0.05) is 48.3 Å². The molecule has 1 aromatic carbocycles. The predicted octanol–water partition coefficient (Wildman–Crippen LogP) is 4.18. The first-order valence-corrected chi connectivity index (χ1v) is 5.93. The van der Waals surface area contributed by atoms with Gasteiger partial charge in [0.25, 0.3) is 0 Å². The van der Waals surface area contributed by atoms with E-state index in [1.165, 1.54) is 17.7 Å². The standard InChI is InChI=1S/C12H16BrF/c1-3-11(9(2)13)8-10-4-6-12(14)7-5-10/h4-7,9,11H,3,8H2,1-2H3. The zero-order valence-electron chi connectivity index (χ0n) is 8.63. The lowest BCUT2D eigenvalue weighted by Gasteiger charge is -2.17. The molecule has 0 N–H and O–H groups in total. The van der Waals surface area contributed by atoms with Crippen LogP contribution < -0.4 is 0 Å². The summed E-state index contributed by atoms with van der Waals surface area (Å²) in [6.07, 6.45) is 2.16. The van der Waals surface area contributed by atoms with Crippen molar-refractivity contribution < 1.29 is 4.39 Å². The van der Waals surface area contributed by atoms with Crippen LogP contribution in [0.4, 0.5) is 4.39 Å². The molecule has 0 spiro atoms. The van der Waals surface area contributed by atoms with Crippen LogP contribution in [0.5, 0.6) is 0 Å². The lowest BCUT2D eigenvalue weighted by molar-refractivity contribution is 0.507. The number of hydrogen-bond donors (Lipinski definition) is 0. The quantitative estimate of drug-likeness (QED) is 0.711. The zero-order chi connectivity index (χ0) is 10.6. The fourth-order valence-electron chi connectivity index (χ4n) is 1.55. The van der Waals surface area contributed by atoms with Gasteiger partial charge in [0, 0.05) is 4.83 Å². The molecule has 0 radical (unpaired) electrons. The maximum Gasteiger partial charge on any atom is 0.123 e. The average molecular weight is 259 g/mol. The van der Waals surface area contributed by atoms with E-state index < -0.39 is 0 Å². The van der Waals surface area contributed by atoms with Crippen molar-refractivity contribution in [2.24, 2.45) is 5.92 Å². The summed E-state index contributed by atoms with van der Waals surface area (Å²) in [7, 11) is 0. The highest BCUT2D eigenvalue weighted by Gasteiger charge is 2.12. The molecule has 0 aromatic heterocycles. The van der Waals surface area contributed by atoms with Crippen molar-refractivity contribution in [1.82, 2.24) is 0 Å². The highest BCUT2D eigenvalue weighted by Crippen LogP contribution is 2.21. The van der Waals surface area contributed by atoms with Gasteiger partial charge in [0.15, 0.2) is 0 Å². The Morgan fingerprint density at radius 3 is 2.29 bits per heavy atom. The van der Waals surface area contributed by atoms with Gasteiger partial charge in [0.2, 0.25) is 0 Å². The minimum absolute atomic E-state index is 0.159. The van der Waals surface area contributed by atoms with E-state index in [1.54, 1.807) is 0 Å². The first-order valence-electron chi connectivity index (χ1n) is 5.02. The van der Waals surface area contributed by atoms with Gasteiger partial charge in [0.1, 0.15) is 5.82 Å². The topological polar surface area (TPSA) is 0 Å². The summed E-state index contributed by atoms with van der Waals surface area (Å²) in [5, 5.41) is 0. The van der Waals surface area contributed by atoms with E-state index >= 15 is 0 Å². The molecule has 14 heavy (non-hydrogen) atoms. The van der Waals surface area contributed by atoms with E-state index in [9.17, 15) is 4.39 Å². The Kier molecular flexibility index (Phi) is 4.59. The molecule has 1 aromatic rings. The molecule has 2 atom stereocenters. The van der Waals surface area contributed by atoms with E-state index in [4.69, 9.17) is 0 Å². The van der Waals surface area contributed by atoms with Crippen LogP contribution in [-0.2, 0) is 6.42 Å². The second-order valence-corrected chi connectivity index (χ2v) is 5.12. The van der Waals surface area contributed by atoms with E-state index in [1.807, 2.05) is 12.1 Å². The van der Waals surface area contributed by atoms with E-state index in [2.05, 4.69) is 29.8 Å². The Labute approximate surface area is 93.7 Å². The summed E-state index contributed by atoms with van der Waals surface area (Å²) in [5.74, 6) is 0.467. The second kappa shape index (κ2) is 5.50. The molecular formula is C12H16BrF. The Hall–Kier alpha value is -0.370. The normalized spacial score (nSPS) is 15.1. The SMILES string of the molecule is CCC(Cc1ccc(F)cc1)C(C)Br.